The number of benzene rings is 2. The molecule has 0 spiro atoms. The van der Waals surface area contributed by atoms with E-state index in [0.29, 0.717) is 11.0 Å². The van der Waals surface area contributed by atoms with E-state index >= 15 is 0 Å². The van der Waals surface area contributed by atoms with Crippen LogP contribution in [0, 0.1) is 10.1 Å². The molecular formula is C15H14Br2N2O2. The first-order valence-corrected chi connectivity index (χ1v) is 7.90. The van der Waals surface area contributed by atoms with Crippen molar-refractivity contribution in [1.29, 1.82) is 0 Å². The minimum Gasteiger partial charge on any atom is -0.298 e. The fourth-order valence-corrected chi connectivity index (χ4v) is 2.72. The third kappa shape index (κ3) is 4.62. The fourth-order valence-electron chi connectivity index (χ4n) is 2.07. The maximum Gasteiger partial charge on any atom is 0.283 e. The molecule has 0 heterocycles. The molecule has 21 heavy (non-hydrogen) atoms. The summed E-state index contributed by atoms with van der Waals surface area (Å²) in [5, 5.41) is 10.9. The molecule has 2 aromatic rings. The lowest BCUT2D eigenvalue weighted by Crippen LogP contribution is -2.17. The van der Waals surface area contributed by atoms with Crippen LogP contribution in [0.1, 0.15) is 11.1 Å². The quantitative estimate of drug-likeness (QED) is 0.524. The number of nitro benzene ring substituents is 1. The summed E-state index contributed by atoms with van der Waals surface area (Å²) in [5.74, 6) is 0. The highest BCUT2D eigenvalue weighted by atomic mass is 79.9. The highest BCUT2D eigenvalue weighted by molar-refractivity contribution is 9.10. The van der Waals surface area contributed by atoms with Gasteiger partial charge in [0.05, 0.1) is 9.40 Å². The minimum atomic E-state index is -0.373. The maximum atomic E-state index is 10.9. The second kappa shape index (κ2) is 7.15. The van der Waals surface area contributed by atoms with Crippen molar-refractivity contribution < 1.29 is 4.92 Å². The van der Waals surface area contributed by atoms with E-state index in [1.165, 1.54) is 5.56 Å². The van der Waals surface area contributed by atoms with Gasteiger partial charge in [0.25, 0.3) is 5.69 Å². The third-order valence-corrected chi connectivity index (χ3v) is 4.22. The van der Waals surface area contributed by atoms with Crippen LogP contribution in [0.15, 0.2) is 51.4 Å². The number of rotatable bonds is 5. The summed E-state index contributed by atoms with van der Waals surface area (Å²) in [5.41, 5.74) is 2.22. The summed E-state index contributed by atoms with van der Waals surface area (Å²) >= 11 is 6.61. The molecule has 0 bridgehead atoms. The van der Waals surface area contributed by atoms with Crippen LogP contribution in [0.2, 0.25) is 0 Å². The standard InChI is InChI=1S/C15H14Br2N2O2/c1-18(9-11-2-5-13(16)6-3-11)10-12-4-7-14(17)15(8-12)19(20)21/h2-8H,9-10H2,1H3. The summed E-state index contributed by atoms with van der Waals surface area (Å²) in [7, 11) is 2.00. The average Bonchev–Trinajstić information content (AvgIpc) is 2.43. The van der Waals surface area contributed by atoms with Crippen LogP contribution in [-0.4, -0.2) is 16.9 Å². The van der Waals surface area contributed by atoms with Gasteiger partial charge in [0.15, 0.2) is 0 Å². The lowest BCUT2D eigenvalue weighted by Gasteiger charge is -2.17. The van der Waals surface area contributed by atoms with E-state index in [4.69, 9.17) is 0 Å². The van der Waals surface area contributed by atoms with E-state index in [-0.39, 0.29) is 10.6 Å². The van der Waals surface area contributed by atoms with E-state index in [9.17, 15) is 10.1 Å². The van der Waals surface area contributed by atoms with Crippen molar-refractivity contribution in [2.24, 2.45) is 0 Å². The predicted molar refractivity (Wildman–Crippen MR) is 90.1 cm³/mol. The molecule has 0 aliphatic rings. The van der Waals surface area contributed by atoms with Crippen LogP contribution >= 0.6 is 31.9 Å². The summed E-state index contributed by atoms with van der Waals surface area (Å²) in [6.45, 7) is 1.45. The van der Waals surface area contributed by atoms with Crippen LogP contribution in [0.25, 0.3) is 0 Å². The van der Waals surface area contributed by atoms with Gasteiger partial charge in [0.1, 0.15) is 0 Å². The summed E-state index contributed by atoms with van der Waals surface area (Å²) in [6, 6.07) is 13.4. The Bertz CT molecular complexity index is 645. The molecule has 0 aromatic heterocycles. The van der Waals surface area contributed by atoms with E-state index < -0.39 is 0 Å². The molecule has 6 heteroatoms. The smallest absolute Gasteiger partial charge is 0.283 e. The Kier molecular flexibility index (Phi) is 5.50. The number of hydrogen-bond donors (Lipinski definition) is 0. The lowest BCUT2D eigenvalue weighted by molar-refractivity contribution is -0.385. The SMILES string of the molecule is CN(Cc1ccc(Br)cc1)Cc1ccc(Br)c([N+](=O)[O-])c1. The fraction of sp³-hybridized carbons (Fsp3) is 0.200. The van der Waals surface area contributed by atoms with Gasteiger partial charge in [-0.3, -0.25) is 15.0 Å². The Hall–Kier alpha value is -1.24. The first-order valence-electron chi connectivity index (χ1n) is 6.31. The monoisotopic (exact) mass is 412 g/mol. The van der Waals surface area contributed by atoms with Crippen molar-refractivity contribution in [2.75, 3.05) is 7.05 Å². The largest absolute Gasteiger partial charge is 0.298 e. The maximum absolute atomic E-state index is 10.9. The molecule has 0 saturated carbocycles. The van der Waals surface area contributed by atoms with Gasteiger partial charge in [0, 0.05) is 23.6 Å². The second-order valence-electron chi connectivity index (χ2n) is 4.84. The molecule has 0 N–H and O–H groups in total. The van der Waals surface area contributed by atoms with E-state index in [0.717, 1.165) is 16.6 Å². The molecule has 2 aromatic carbocycles. The molecule has 110 valence electrons. The highest BCUT2D eigenvalue weighted by Gasteiger charge is 2.13. The Morgan fingerprint density at radius 2 is 1.62 bits per heavy atom. The van der Waals surface area contributed by atoms with Crippen LogP contribution in [0.3, 0.4) is 0 Å². The molecule has 2 rings (SSSR count). The molecule has 0 saturated heterocycles. The molecule has 0 fully saturated rings. The molecule has 0 atom stereocenters. The van der Waals surface area contributed by atoms with Crippen molar-refractivity contribution in [2.45, 2.75) is 13.1 Å². The van der Waals surface area contributed by atoms with Crippen LogP contribution in [-0.2, 0) is 13.1 Å². The Morgan fingerprint density at radius 1 is 1.05 bits per heavy atom. The Balaban J connectivity index is 2.05. The molecule has 0 amide bonds. The minimum absolute atomic E-state index is 0.101. The van der Waals surface area contributed by atoms with Crippen LogP contribution in [0.4, 0.5) is 5.69 Å². The molecule has 4 nitrogen and oxygen atoms in total. The summed E-state index contributed by atoms with van der Waals surface area (Å²) in [6.07, 6.45) is 0. The van der Waals surface area contributed by atoms with E-state index in [1.807, 2.05) is 25.2 Å². The van der Waals surface area contributed by atoms with E-state index in [2.05, 4.69) is 48.9 Å². The molecule has 0 radical (unpaired) electrons. The average molecular weight is 414 g/mol. The predicted octanol–water partition coefficient (Wildman–Crippen LogP) is 4.75. The normalized spacial score (nSPS) is 10.9. The third-order valence-electron chi connectivity index (χ3n) is 3.03. The Labute approximate surface area is 140 Å². The number of hydrogen-bond acceptors (Lipinski definition) is 3. The highest BCUT2D eigenvalue weighted by Crippen LogP contribution is 2.26. The van der Waals surface area contributed by atoms with Crippen molar-refractivity contribution in [3.63, 3.8) is 0 Å². The van der Waals surface area contributed by atoms with Crippen molar-refractivity contribution in [3.05, 3.63) is 72.7 Å². The van der Waals surface area contributed by atoms with Gasteiger partial charge < -0.3 is 0 Å². The first kappa shape index (κ1) is 16.1. The number of nitrogens with zero attached hydrogens (tertiary/aromatic N) is 2. The zero-order valence-electron chi connectivity index (χ0n) is 11.4. The van der Waals surface area contributed by atoms with E-state index in [1.54, 1.807) is 12.1 Å². The zero-order valence-corrected chi connectivity index (χ0v) is 14.6. The lowest BCUT2D eigenvalue weighted by atomic mass is 10.1. The number of halogens is 2. The zero-order chi connectivity index (χ0) is 15.4. The first-order chi connectivity index (χ1) is 9.95. The van der Waals surface area contributed by atoms with Gasteiger partial charge in [-0.05, 0) is 52.3 Å². The Morgan fingerprint density at radius 3 is 2.24 bits per heavy atom. The van der Waals surface area contributed by atoms with Gasteiger partial charge in [-0.15, -0.1) is 0 Å². The topological polar surface area (TPSA) is 46.4 Å². The van der Waals surface area contributed by atoms with Gasteiger partial charge in [-0.2, -0.15) is 0 Å². The number of nitro groups is 1. The van der Waals surface area contributed by atoms with Gasteiger partial charge >= 0.3 is 0 Å². The summed E-state index contributed by atoms with van der Waals surface area (Å²) < 4.78 is 1.56. The van der Waals surface area contributed by atoms with Crippen molar-refractivity contribution in [3.8, 4) is 0 Å². The van der Waals surface area contributed by atoms with Crippen LogP contribution in [0.5, 0.6) is 0 Å². The molecule has 0 aliphatic carbocycles. The van der Waals surface area contributed by atoms with Crippen LogP contribution < -0.4 is 0 Å². The second-order valence-corrected chi connectivity index (χ2v) is 6.61. The van der Waals surface area contributed by atoms with Gasteiger partial charge in [0.2, 0.25) is 0 Å². The molecular weight excluding hydrogens is 400 g/mol. The van der Waals surface area contributed by atoms with Gasteiger partial charge in [-0.1, -0.05) is 34.1 Å². The molecule has 0 unspecified atom stereocenters. The molecule has 0 aliphatic heterocycles. The van der Waals surface area contributed by atoms with Crippen molar-refractivity contribution in [1.82, 2.24) is 4.90 Å². The van der Waals surface area contributed by atoms with Gasteiger partial charge in [-0.25, -0.2) is 0 Å². The van der Waals surface area contributed by atoms with Crippen molar-refractivity contribution >= 4 is 37.5 Å². The summed E-state index contributed by atoms with van der Waals surface area (Å²) in [4.78, 5) is 12.7.